The summed E-state index contributed by atoms with van der Waals surface area (Å²) in [5.74, 6) is 0. The lowest BCUT2D eigenvalue weighted by atomic mass is 12.8. The first kappa shape index (κ1) is 4.80. The molecule has 4 N–H and O–H groups in total. The second-order valence-corrected chi connectivity index (χ2v) is 0.537. The van der Waals surface area contributed by atoms with Crippen molar-refractivity contribution in [1.82, 2.24) is 0 Å². The smallest absolute Gasteiger partial charge is 0.237 e. The Morgan fingerprint density at radius 3 is 1.00 bits per heavy atom. The number of nitrogens with zero attached hydrogens (tertiary/aromatic N) is 1. The van der Waals surface area contributed by atoms with Gasteiger partial charge in [-0.3, -0.25) is 0 Å². The predicted octanol–water partition coefficient (Wildman–Crippen LogP) is -0.528. The third-order valence-corrected chi connectivity index (χ3v) is 0. The van der Waals surface area contributed by atoms with Crippen LogP contribution in [0.25, 0.3) is 0 Å². The van der Waals surface area contributed by atoms with Gasteiger partial charge in [0, 0.05) is 0 Å². The van der Waals surface area contributed by atoms with Crippen molar-refractivity contribution in [3.05, 3.63) is 0 Å². The Morgan fingerprint density at radius 2 is 1.00 bits per heavy atom. The minimum Gasteiger partial charge on any atom is -1.00 e. The first-order valence-corrected chi connectivity index (χ1v) is 0.800. The van der Waals surface area contributed by atoms with Gasteiger partial charge in [-0.2, -0.15) is 0 Å². The van der Waals surface area contributed by atoms with E-state index in [1.54, 1.807) is 0 Å². The van der Waals surface area contributed by atoms with Crippen LogP contribution in [0.3, 0.4) is 0 Å². The summed E-state index contributed by atoms with van der Waals surface area (Å²) < 4.78 is 0. The van der Waals surface area contributed by atoms with Crippen molar-refractivity contribution >= 4 is 0 Å². The molecule has 0 rings (SSSR count). The van der Waals surface area contributed by atoms with E-state index >= 15 is 0 Å². The van der Waals surface area contributed by atoms with Crippen LogP contribution >= 0.6 is 0 Å². The van der Waals surface area contributed by atoms with Gasteiger partial charge in [-0.05, 0) is 0 Å². The molecule has 0 aromatic rings. The van der Waals surface area contributed by atoms with E-state index in [1.165, 1.54) is 0 Å². The molecule has 0 aliphatic rings. The predicted molar refractivity (Wildman–Crippen MR) is 8.52 cm³/mol. The Labute approximate surface area is 28.8 Å². The van der Waals surface area contributed by atoms with Crippen molar-refractivity contribution in [2.24, 2.45) is 0 Å². The van der Waals surface area contributed by atoms with Gasteiger partial charge in [0.05, 0.1) is 0 Å². The number of hydrogen-bond acceptors (Lipinski definition) is 4. The monoisotopic (exact) mass is 83.0 g/mol. The normalized spacial score (nSPS) is 12.0. The molecule has 34 valence electrons. The van der Waals surface area contributed by atoms with E-state index in [4.69, 9.17) is 20.8 Å². The molecule has 0 bridgehead atoms. The molecular weight excluding hydrogens is 78.0 g/mol. The molecule has 0 amide bonds. The molecule has 5 heavy (non-hydrogen) atoms. The Hall–Kier alpha value is -0.200. The fraction of sp³-hybridized carbons (Fsp3) is 0. The van der Waals surface area contributed by atoms with Gasteiger partial charge in [-0.1, -0.05) is 0 Å². The van der Waals surface area contributed by atoms with E-state index in [0.29, 0.717) is 0 Å². The highest BCUT2D eigenvalue weighted by Crippen LogP contribution is 1.69. The van der Waals surface area contributed by atoms with E-state index in [-0.39, 0.29) is 1.43 Å². The molecule has 0 fully saturated rings. The highest BCUT2D eigenvalue weighted by molar-refractivity contribution is 2.56. The maximum atomic E-state index is 7.12. The highest BCUT2D eigenvalue weighted by atomic mass is 17.2. The summed E-state index contributed by atoms with van der Waals surface area (Å²) >= 11 is 0. The van der Waals surface area contributed by atoms with Crippen LogP contribution in [0.15, 0.2) is 0 Å². The molecule has 5 nitrogen and oxygen atoms in total. The molecule has 0 spiro atoms. The van der Waals surface area contributed by atoms with Crippen LogP contribution in [0.5, 0.6) is 0 Å². The van der Waals surface area contributed by atoms with E-state index in [1.807, 2.05) is 0 Å². The summed E-state index contributed by atoms with van der Waals surface area (Å²) in [6, 6.07) is 0. The topological polar surface area (TPSA) is 80.9 Å². The minimum absolute atomic E-state index is 0. The summed E-state index contributed by atoms with van der Waals surface area (Å²) in [5, 5.41) is 25.5. The fourth-order valence-corrected chi connectivity index (χ4v) is 0. The second kappa shape index (κ2) is 0.886. The zero-order valence-corrected chi connectivity index (χ0v) is 2.24. The largest absolute Gasteiger partial charge is 1.00 e. The van der Waals surface area contributed by atoms with Gasteiger partial charge in [0.2, 0.25) is 5.14 Å². The van der Waals surface area contributed by atoms with Crippen molar-refractivity contribution in [1.29, 1.82) is 0 Å². The van der Waals surface area contributed by atoms with Crippen LogP contribution in [0.1, 0.15) is 1.43 Å². The SMILES string of the molecule is O[N+](O)(O)O.[H-]. The van der Waals surface area contributed by atoms with E-state index in [9.17, 15) is 0 Å². The van der Waals surface area contributed by atoms with Gasteiger partial charge in [0.15, 0.2) is 0 Å². The molecule has 0 atom stereocenters. The number of rotatable bonds is 0. The van der Waals surface area contributed by atoms with Crippen molar-refractivity contribution < 1.29 is 27.4 Å². The summed E-state index contributed by atoms with van der Waals surface area (Å²) in [6.45, 7) is 0. The van der Waals surface area contributed by atoms with Gasteiger partial charge in [-0.15, -0.1) is 20.8 Å². The minimum atomic E-state index is -3.00. The molecular formula is H5NO4. The Morgan fingerprint density at radius 1 is 1.00 bits per heavy atom. The lowest BCUT2D eigenvalue weighted by molar-refractivity contribution is -1.48. The summed E-state index contributed by atoms with van der Waals surface area (Å²) in [7, 11) is 0. The number of hydrogen-bond donors (Lipinski definition) is 4. The van der Waals surface area contributed by atoms with Crippen LogP contribution in [0, 0.1) is 0 Å². The van der Waals surface area contributed by atoms with Crippen molar-refractivity contribution in [2.75, 3.05) is 0 Å². The van der Waals surface area contributed by atoms with Crippen molar-refractivity contribution in [3.8, 4) is 0 Å². The average molecular weight is 83.0 g/mol. The maximum absolute atomic E-state index is 7.12. The Kier molecular flexibility index (Phi) is 0.850. The van der Waals surface area contributed by atoms with Gasteiger partial charge < -0.3 is 1.43 Å². The highest BCUT2D eigenvalue weighted by Gasteiger charge is 2.07. The Bertz CT molecular complexity index is 23.0. The summed E-state index contributed by atoms with van der Waals surface area (Å²) in [6.07, 6.45) is 0. The van der Waals surface area contributed by atoms with Crippen LogP contribution in [0.4, 0.5) is 0 Å². The van der Waals surface area contributed by atoms with Gasteiger partial charge in [-0.25, -0.2) is 0 Å². The first-order chi connectivity index (χ1) is 2.00. The summed E-state index contributed by atoms with van der Waals surface area (Å²) in [5.41, 5.74) is 0. The second-order valence-electron chi connectivity index (χ2n) is 0.537. The molecule has 0 aliphatic carbocycles. The molecule has 0 radical (unpaired) electrons. The maximum Gasteiger partial charge on any atom is 0.237 e. The van der Waals surface area contributed by atoms with Crippen molar-refractivity contribution in [2.45, 2.75) is 0 Å². The van der Waals surface area contributed by atoms with E-state index < -0.39 is 5.14 Å². The van der Waals surface area contributed by atoms with E-state index in [0.717, 1.165) is 0 Å². The zero-order valence-electron chi connectivity index (χ0n) is 3.24. The molecule has 0 aromatic carbocycles. The molecule has 0 saturated heterocycles. The molecule has 0 aromatic heterocycles. The summed E-state index contributed by atoms with van der Waals surface area (Å²) in [4.78, 5) is 0. The lowest BCUT2D eigenvalue weighted by Crippen LogP contribution is -2.31. The van der Waals surface area contributed by atoms with Crippen LogP contribution in [-0.2, 0) is 0 Å². The van der Waals surface area contributed by atoms with Crippen LogP contribution < -0.4 is 0 Å². The zero-order chi connectivity index (χ0) is 4.50. The molecule has 0 unspecified atom stereocenters. The molecule has 5 heteroatoms. The molecule has 0 saturated carbocycles. The Balaban J connectivity index is 0. The third-order valence-electron chi connectivity index (χ3n) is 0. The van der Waals surface area contributed by atoms with Crippen LogP contribution in [0.2, 0.25) is 0 Å². The van der Waals surface area contributed by atoms with Gasteiger partial charge >= 0.3 is 0 Å². The average Bonchev–Trinajstić information content (AvgIpc) is 0.722. The molecule has 0 heterocycles. The quantitative estimate of drug-likeness (QED) is 0.234. The lowest BCUT2D eigenvalue weighted by Gasteiger charge is -1.94. The van der Waals surface area contributed by atoms with Gasteiger partial charge in [0.25, 0.3) is 0 Å². The van der Waals surface area contributed by atoms with Gasteiger partial charge in [0.1, 0.15) is 0 Å². The molecule has 0 aliphatic heterocycles. The van der Waals surface area contributed by atoms with Crippen molar-refractivity contribution in [3.63, 3.8) is 0 Å². The van der Waals surface area contributed by atoms with Crippen LogP contribution in [-0.4, -0.2) is 26.0 Å². The standard InChI is InChI=1S/H4NO4.H/c2-1(3,4)5;/h2-5H;/q+1;-1. The van der Waals surface area contributed by atoms with E-state index in [2.05, 4.69) is 0 Å². The fourth-order valence-electron chi connectivity index (χ4n) is 0. The first-order valence-electron chi connectivity index (χ1n) is 0.800. The number of quaternary nitrogens is 1. The third kappa shape index (κ3) is 308.